The number of quaternary nitrogens is 1. The lowest BCUT2D eigenvalue weighted by Gasteiger charge is -2.48. The van der Waals surface area contributed by atoms with Crippen LogP contribution in [0.4, 0.5) is 5.69 Å². The summed E-state index contributed by atoms with van der Waals surface area (Å²) in [7, 11) is -2.64. The number of piperazine rings is 1. The fourth-order valence-corrected chi connectivity index (χ4v) is 6.26. The molecule has 1 aromatic carbocycles. The van der Waals surface area contributed by atoms with Gasteiger partial charge in [-0.15, -0.1) is 0 Å². The van der Waals surface area contributed by atoms with Crippen molar-refractivity contribution in [2.75, 3.05) is 20.2 Å². The maximum Gasteiger partial charge on any atom is 0.375 e. The van der Waals surface area contributed by atoms with Gasteiger partial charge in [-0.25, -0.2) is 4.79 Å². The Balaban J connectivity index is 1.91. The highest BCUT2D eigenvalue weighted by molar-refractivity contribution is 7.89. The van der Waals surface area contributed by atoms with Gasteiger partial charge >= 0.3 is 16.2 Å². The van der Waals surface area contributed by atoms with Crippen molar-refractivity contribution in [1.82, 2.24) is 18.5 Å². The molecule has 172 valence electrons. The van der Waals surface area contributed by atoms with Crippen LogP contribution in [0.3, 0.4) is 0 Å². The average Bonchev–Trinajstić information content (AvgIpc) is 2.77. The maximum absolute atomic E-state index is 13.7. The topological polar surface area (TPSA) is 106 Å². The number of carbonyl (C=O) groups excluding carboxylic acids is 2. The number of hydrogen-bond acceptors (Lipinski definition) is 6. The highest BCUT2D eigenvalue weighted by atomic mass is 32.2. The number of benzene rings is 1. The van der Waals surface area contributed by atoms with Crippen LogP contribution in [0.2, 0.25) is 0 Å². The van der Waals surface area contributed by atoms with Crippen LogP contribution in [0.15, 0.2) is 48.7 Å². The van der Waals surface area contributed by atoms with E-state index in [4.69, 9.17) is 0 Å². The Morgan fingerprint density at radius 3 is 2.25 bits per heavy atom. The Labute approximate surface area is 188 Å². The summed E-state index contributed by atoms with van der Waals surface area (Å²) in [4.78, 5) is 29.6. The van der Waals surface area contributed by atoms with Crippen molar-refractivity contribution in [2.45, 2.75) is 39.4 Å². The van der Waals surface area contributed by atoms with E-state index in [1.165, 1.54) is 20.2 Å². The van der Waals surface area contributed by atoms with Crippen molar-refractivity contribution < 1.29 is 22.7 Å². The first-order valence-corrected chi connectivity index (χ1v) is 11.8. The molecule has 0 spiro atoms. The van der Waals surface area contributed by atoms with Gasteiger partial charge in [-0.2, -0.15) is 17.0 Å². The second-order valence-corrected chi connectivity index (χ2v) is 9.98. The van der Waals surface area contributed by atoms with Crippen molar-refractivity contribution in [3.05, 3.63) is 59.9 Å². The molecule has 1 aliphatic heterocycles. The Morgan fingerprint density at radius 2 is 1.75 bits per heavy atom. The van der Waals surface area contributed by atoms with Crippen molar-refractivity contribution in [1.29, 1.82) is 0 Å². The fraction of sp³-hybridized carbons (Fsp3) is 0.409. The van der Waals surface area contributed by atoms with E-state index >= 15 is 0 Å². The van der Waals surface area contributed by atoms with Crippen LogP contribution < -0.4 is 8.61 Å². The molecule has 3 atom stereocenters. The third-order valence-electron chi connectivity index (χ3n) is 5.80. The van der Waals surface area contributed by atoms with Crippen LogP contribution in [0.5, 0.6) is 0 Å². The maximum atomic E-state index is 13.7. The predicted molar refractivity (Wildman–Crippen MR) is 121 cm³/mol. The summed E-state index contributed by atoms with van der Waals surface area (Å²) >= 11 is 0. The molecule has 1 N–H and O–H groups in total. The van der Waals surface area contributed by atoms with Crippen molar-refractivity contribution in [2.24, 2.45) is 0 Å². The summed E-state index contributed by atoms with van der Waals surface area (Å²) < 4.78 is 34.5. The Hall–Kier alpha value is -2.82. The summed E-state index contributed by atoms with van der Waals surface area (Å²) in [5, 5.41) is 0. The molecule has 10 heteroatoms. The van der Waals surface area contributed by atoms with Crippen LogP contribution in [0.25, 0.3) is 0 Å². The molecule has 9 nitrogen and oxygen atoms in total. The summed E-state index contributed by atoms with van der Waals surface area (Å²) in [5.41, 5.74) is 1.39. The third kappa shape index (κ3) is 4.52. The van der Waals surface area contributed by atoms with Gasteiger partial charge in [0, 0.05) is 25.3 Å². The van der Waals surface area contributed by atoms with Gasteiger partial charge in [0.25, 0.3) is 0 Å². The van der Waals surface area contributed by atoms with Gasteiger partial charge in [0.05, 0.1) is 37.0 Å². The van der Waals surface area contributed by atoms with E-state index in [0.29, 0.717) is 11.4 Å². The number of methoxy groups -OCH3 is 1. The molecule has 1 saturated heterocycles. The molecule has 0 aliphatic carbocycles. The molecule has 1 fully saturated rings. The van der Waals surface area contributed by atoms with Crippen LogP contribution in [-0.4, -0.2) is 62.5 Å². The first kappa shape index (κ1) is 23.8. The van der Waals surface area contributed by atoms with E-state index in [1.54, 1.807) is 29.2 Å². The minimum atomic E-state index is -3.92. The molecule has 32 heavy (non-hydrogen) atoms. The van der Waals surface area contributed by atoms with Gasteiger partial charge in [-0.3, -0.25) is 9.78 Å². The average molecular weight is 462 g/mol. The van der Waals surface area contributed by atoms with Gasteiger partial charge in [0.15, 0.2) is 0 Å². The lowest BCUT2D eigenvalue weighted by atomic mass is 10.1. The number of para-hydroxylation sites is 1. The largest absolute Gasteiger partial charge is 0.465 e. The van der Waals surface area contributed by atoms with Crippen LogP contribution in [0.1, 0.15) is 36.8 Å². The number of rotatable bonds is 6. The van der Waals surface area contributed by atoms with E-state index in [9.17, 15) is 18.0 Å². The first-order chi connectivity index (χ1) is 15.1. The molecular weight excluding hydrogens is 432 g/mol. The number of amides is 1. The number of nitrogens with zero attached hydrogens (tertiary/aromatic N) is 3. The molecule has 1 aromatic heterocycles. The lowest BCUT2D eigenvalue weighted by molar-refractivity contribution is -0.135. The monoisotopic (exact) mass is 461 g/mol. The van der Waals surface area contributed by atoms with Crippen molar-refractivity contribution >= 4 is 27.8 Å². The minimum absolute atomic E-state index is 0.0319. The second-order valence-electron chi connectivity index (χ2n) is 8.04. The Bertz CT molecular complexity index is 1060. The zero-order valence-electron chi connectivity index (χ0n) is 18.7. The van der Waals surface area contributed by atoms with E-state index in [0.717, 1.165) is 0 Å². The Kier molecular flexibility index (Phi) is 6.97. The number of nitrogens with one attached hydrogen (secondary N) is 1. The summed E-state index contributed by atoms with van der Waals surface area (Å²) in [6.07, 6.45) is 1.35. The molecule has 1 amide bonds. The SMILES string of the molecule is COC(=O)c1ccc(CNS(=O)(=O)[N+]2(c3ccccc3)C[C@@H](C)N(C(C)=O)[C@@H](C)C2)nc1. The van der Waals surface area contributed by atoms with Gasteiger partial charge < -0.3 is 9.64 Å². The molecule has 1 unspecified atom stereocenters. The van der Waals surface area contributed by atoms with Crippen LogP contribution in [-0.2, 0) is 26.3 Å². The molecule has 3 rings (SSSR count). The fourth-order valence-electron chi connectivity index (χ4n) is 4.46. The number of ether oxygens (including phenoxy) is 1. The molecule has 0 radical (unpaired) electrons. The van der Waals surface area contributed by atoms with Crippen molar-refractivity contribution in [3.63, 3.8) is 0 Å². The Morgan fingerprint density at radius 1 is 1.12 bits per heavy atom. The minimum Gasteiger partial charge on any atom is -0.465 e. The summed E-state index contributed by atoms with van der Waals surface area (Å²) in [6, 6.07) is 11.6. The van der Waals surface area contributed by atoms with Gasteiger partial charge in [0.2, 0.25) is 5.91 Å². The standard InChI is InChI=1S/C22H29N4O5S/c1-16-14-26(21-8-6-5-7-9-21,15-17(2)25(16)18(3)27)32(29,30)24-13-20-11-10-19(12-23-20)22(28)31-4/h5-12,16-17,24H,13-15H2,1-4H3/q+1/t16-,17+,26?. The van der Waals surface area contributed by atoms with E-state index in [-0.39, 0.29) is 47.1 Å². The number of hydrogen-bond donors (Lipinski definition) is 1. The van der Waals surface area contributed by atoms with Crippen molar-refractivity contribution in [3.8, 4) is 0 Å². The van der Waals surface area contributed by atoms with Crippen LogP contribution >= 0.6 is 0 Å². The molecule has 2 aromatic rings. The highest BCUT2D eigenvalue weighted by Crippen LogP contribution is 2.33. The summed E-state index contributed by atoms with van der Waals surface area (Å²) in [5.74, 6) is -0.583. The number of esters is 1. The summed E-state index contributed by atoms with van der Waals surface area (Å²) in [6.45, 7) is 5.66. The molecule has 1 aliphatic rings. The predicted octanol–water partition coefficient (Wildman–Crippen LogP) is 1.85. The number of pyridine rings is 1. The zero-order chi connectivity index (χ0) is 23.5. The molecule has 0 bridgehead atoms. The number of carbonyl (C=O) groups is 2. The first-order valence-electron chi connectivity index (χ1n) is 10.4. The number of aromatic nitrogens is 1. The van der Waals surface area contributed by atoms with E-state index in [1.807, 2.05) is 32.0 Å². The molecule has 0 saturated carbocycles. The molecule has 2 heterocycles. The molecular formula is C22H29N4O5S+. The third-order valence-corrected chi connectivity index (χ3v) is 7.74. The van der Waals surface area contributed by atoms with Gasteiger partial charge in [-0.05, 0) is 26.0 Å². The zero-order valence-corrected chi connectivity index (χ0v) is 19.5. The highest BCUT2D eigenvalue weighted by Gasteiger charge is 2.52. The lowest BCUT2D eigenvalue weighted by Crippen LogP contribution is -2.71. The normalized spacial score (nSPS) is 23.6. The van der Waals surface area contributed by atoms with E-state index in [2.05, 4.69) is 14.4 Å². The van der Waals surface area contributed by atoms with Gasteiger partial charge in [-0.1, -0.05) is 18.2 Å². The smallest absolute Gasteiger partial charge is 0.375 e. The van der Waals surface area contributed by atoms with Crippen LogP contribution in [0, 0.1) is 0 Å². The van der Waals surface area contributed by atoms with Gasteiger partial charge in [0.1, 0.15) is 18.8 Å². The van der Waals surface area contributed by atoms with E-state index < -0.39 is 16.2 Å². The quantitative estimate of drug-likeness (QED) is 0.520. The second kappa shape index (κ2) is 9.35.